The molecule has 3 amide bonds. The Morgan fingerprint density at radius 2 is 2.08 bits per heavy atom. The quantitative estimate of drug-likeness (QED) is 0.752. The molecule has 0 unspecified atom stereocenters. The van der Waals surface area contributed by atoms with Crippen LogP contribution in [0, 0.1) is 0 Å². The molecule has 1 aliphatic rings. The summed E-state index contributed by atoms with van der Waals surface area (Å²) in [6.07, 6.45) is 3.01. The largest absolute Gasteiger partial charge is 0.336 e. The van der Waals surface area contributed by atoms with Crippen LogP contribution in [0.15, 0.2) is 48.5 Å². The van der Waals surface area contributed by atoms with E-state index in [4.69, 9.17) is 23.2 Å². The van der Waals surface area contributed by atoms with Crippen molar-refractivity contribution in [3.63, 3.8) is 0 Å². The second-order valence-corrected chi connectivity index (χ2v) is 6.79. The molecule has 0 bridgehead atoms. The average molecular weight is 390 g/mol. The lowest BCUT2D eigenvalue weighted by Gasteiger charge is -2.20. The molecule has 1 heterocycles. The van der Waals surface area contributed by atoms with Crippen molar-refractivity contribution >= 4 is 52.6 Å². The normalized spacial score (nSPS) is 16.8. The van der Waals surface area contributed by atoms with Crippen LogP contribution in [0.2, 0.25) is 10.0 Å². The van der Waals surface area contributed by atoms with Crippen molar-refractivity contribution < 1.29 is 9.59 Å². The van der Waals surface area contributed by atoms with Crippen molar-refractivity contribution in [2.45, 2.75) is 13.0 Å². The van der Waals surface area contributed by atoms with Crippen LogP contribution in [-0.2, 0) is 4.79 Å². The van der Waals surface area contributed by atoms with Gasteiger partial charge in [-0.2, -0.15) is 0 Å². The highest BCUT2D eigenvalue weighted by Gasteiger charge is 2.28. The lowest BCUT2D eigenvalue weighted by atomic mass is 10.2. The molecule has 1 aliphatic heterocycles. The number of rotatable bonds is 4. The first-order valence-electron chi connectivity index (χ1n) is 8.05. The van der Waals surface area contributed by atoms with Gasteiger partial charge in [0, 0.05) is 34.0 Å². The lowest BCUT2D eigenvalue weighted by Crippen LogP contribution is -2.32. The summed E-state index contributed by atoms with van der Waals surface area (Å²) in [6.45, 7) is 2.56. The minimum Gasteiger partial charge on any atom is -0.336 e. The van der Waals surface area contributed by atoms with Gasteiger partial charge >= 0.3 is 6.03 Å². The van der Waals surface area contributed by atoms with E-state index in [1.165, 1.54) is 6.08 Å². The molecule has 0 aromatic heterocycles. The van der Waals surface area contributed by atoms with E-state index in [0.717, 1.165) is 5.69 Å². The molecule has 0 aliphatic carbocycles. The minimum atomic E-state index is -0.299. The van der Waals surface area contributed by atoms with Gasteiger partial charge in [0.15, 0.2) is 0 Å². The van der Waals surface area contributed by atoms with Gasteiger partial charge in [-0.15, -0.1) is 0 Å². The van der Waals surface area contributed by atoms with Crippen molar-refractivity contribution in [1.29, 1.82) is 0 Å². The molecular weight excluding hydrogens is 373 g/mol. The molecule has 2 aromatic rings. The second-order valence-electron chi connectivity index (χ2n) is 5.94. The summed E-state index contributed by atoms with van der Waals surface area (Å²) in [4.78, 5) is 25.8. The number of halogens is 2. The van der Waals surface area contributed by atoms with Crippen LogP contribution in [0.3, 0.4) is 0 Å². The Morgan fingerprint density at radius 3 is 2.77 bits per heavy atom. The van der Waals surface area contributed by atoms with Crippen molar-refractivity contribution in [1.82, 2.24) is 5.32 Å². The van der Waals surface area contributed by atoms with Crippen molar-refractivity contribution in [3.05, 3.63) is 64.1 Å². The highest BCUT2D eigenvalue weighted by atomic mass is 35.5. The van der Waals surface area contributed by atoms with Crippen LogP contribution in [0.5, 0.6) is 0 Å². The van der Waals surface area contributed by atoms with Crippen LogP contribution >= 0.6 is 23.2 Å². The Hall–Kier alpha value is -2.50. The topological polar surface area (TPSA) is 61.4 Å². The molecule has 1 fully saturated rings. The number of anilines is 2. The molecule has 1 atom stereocenters. The van der Waals surface area contributed by atoms with Gasteiger partial charge in [0.25, 0.3) is 0 Å². The number of carbonyl (C=O) groups is 2. The number of nitrogens with one attached hydrogen (secondary N) is 2. The summed E-state index contributed by atoms with van der Waals surface area (Å²) < 4.78 is 0. The molecule has 2 aromatic carbocycles. The van der Waals surface area contributed by atoms with E-state index in [2.05, 4.69) is 10.6 Å². The van der Waals surface area contributed by atoms with Crippen molar-refractivity contribution in [2.24, 2.45) is 0 Å². The first kappa shape index (κ1) is 18.3. The monoisotopic (exact) mass is 389 g/mol. The standard InChI is InChI=1S/C19H17Cl2N3O2/c1-12-11-22-19(26)24(12)16-4-2-3-15(10-16)23-18(25)8-6-13-5-7-14(20)9-17(13)21/h2-10,12H,11H2,1H3,(H,22,26)(H,23,25)/b8-6+/t12-/m1/s1. The van der Waals surface area contributed by atoms with Gasteiger partial charge in [0.1, 0.15) is 0 Å². The molecule has 0 spiro atoms. The first-order valence-corrected chi connectivity index (χ1v) is 8.81. The number of hydrogen-bond donors (Lipinski definition) is 2. The number of benzene rings is 2. The smallest absolute Gasteiger partial charge is 0.322 e. The predicted octanol–water partition coefficient (Wildman–Crippen LogP) is 4.56. The Bertz CT molecular complexity index is 883. The van der Waals surface area contributed by atoms with Gasteiger partial charge in [-0.1, -0.05) is 35.3 Å². The van der Waals surface area contributed by atoms with Gasteiger partial charge < -0.3 is 10.6 Å². The summed E-state index contributed by atoms with van der Waals surface area (Å²) in [6, 6.07) is 12.1. The molecule has 26 heavy (non-hydrogen) atoms. The second kappa shape index (κ2) is 7.81. The number of urea groups is 1. The Morgan fingerprint density at radius 1 is 1.27 bits per heavy atom. The SMILES string of the molecule is C[C@@H]1CNC(=O)N1c1cccc(NC(=O)/C=C/c2ccc(Cl)cc2Cl)c1. The van der Waals surface area contributed by atoms with E-state index in [1.807, 2.05) is 13.0 Å². The van der Waals surface area contributed by atoms with E-state index in [0.29, 0.717) is 27.8 Å². The van der Waals surface area contributed by atoms with Gasteiger partial charge in [-0.05, 0) is 48.9 Å². The zero-order chi connectivity index (χ0) is 18.7. The maximum absolute atomic E-state index is 12.2. The Labute approximate surface area is 161 Å². The number of hydrogen-bond acceptors (Lipinski definition) is 2. The van der Waals surface area contributed by atoms with E-state index in [1.54, 1.807) is 47.4 Å². The highest BCUT2D eigenvalue weighted by molar-refractivity contribution is 6.35. The van der Waals surface area contributed by atoms with Crippen LogP contribution in [0.1, 0.15) is 12.5 Å². The lowest BCUT2D eigenvalue weighted by molar-refractivity contribution is -0.111. The van der Waals surface area contributed by atoms with Crippen molar-refractivity contribution in [2.75, 3.05) is 16.8 Å². The van der Waals surface area contributed by atoms with Crippen molar-refractivity contribution in [3.8, 4) is 0 Å². The third-order valence-electron chi connectivity index (χ3n) is 3.98. The van der Waals surface area contributed by atoms with E-state index in [-0.39, 0.29) is 18.0 Å². The van der Waals surface area contributed by atoms with Crippen LogP contribution in [-0.4, -0.2) is 24.5 Å². The fraction of sp³-hybridized carbons (Fsp3) is 0.158. The number of nitrogens with zero attached hydrogens (tertiary/aromatic N) is 1. The third-order valence-corrected chi connectivity index (χ3v) is 4.54. The number of carbonyl (C=O) groups excluding carboxylic acids is 2. The summed E-state index contributed by atoms with van der Waals surface area (Å²) in [5, 5.41) is 6.58. The third kappa shape index (κ3) is 4.18. The molecule has 1 saturated heterocycles. The maximum Gasteiger partial charge on any atom is 0.322 e. The van der Waals surface area contributed by atoms with Crippen LogP contribution in [0.4, 0.5) is 16.2 Å². The van der Waals surface area contributed by atoms with Crippen LogP contribution in [0.25, 0.3) is 6.08 Å². The fourth-order valence-corrected chi connectivity index (χ4v) is 3.17. The molecule has 3 rings (SSSR count). The molecular formula is C19H17Cl2N3O2. The summed E-state index contributed by atoms with van der Waals surface area (Å²) in [7, 11) is 0. The maximum atomic E-state index is 12.2. The predicted molar refractivity (Wildman–Crippen MR) is 106 cm³/mol. The molecule has 134 valence electrons. The molecule has 2 N–H and O–H groups in total. The minimum absolute atomic E-state index is 0.0559. The molecule has 7 heteroatoms. The van der Waals surface area contributed by atoms with E-state index >= 15 is 0 Å². The van der Waals surface area contributed by atoms with Gasteiger partial charge in [-0.3, -0.25) is 9.69 Å². The van der Waals surface area contributed by atoms with Gasteiger partial charge in [0.05, 0.1) is 6.04 Å². The Balaban J connectivity index is 1.70. The highest BCUT2D eigenvalue weighted by Crippen LogP contribution is 2.24. The summed E-state index contributed by atoms with van der Waals surface area (Å²) in [5.41, 5.74) is 2.03. The number of amides is 3. The fourth-order valence-electron chi connectivity index (χ4n) is 2.70. The summed E-state index contributed by atoms with van der Waals surface area (Å²) in [5.74, 6) is -0.299. The molecule has 5 nitrogen and oxygen atoms in total. The molecule has 0 saturated carbocycles. The van der Waals surface area contributed by atoms with Gasteiger partial charge in [-0.25, -0.2) is 4.79 Å². The van der Waals surface area contributed by atoms with E-state index in [9.17, 15) is 9.59 Å². The molecule has 0 radical (unpaired) electrons. The zero-order valence-electron chi connectivity index (χ0n) is 14.0. The van der Waals surface area contributed by atoms with Gasteiger partial charge in [0.2, 0.25) is 5.91 Å². The van der Waals surface area contributed by atoms with Crippen LogP contribution < -0.4 is 15.5 Å². The van der Waals surface area contributed by atoms with E-state index < -0.39 is 0 Å². The Kier molecular flexibility index (Phi) is 5.49. The summed E-state index contributed by atoms with van der Waals surface area (Å²) >= 11 is 11.9. The average Bonchev–Trinajstić information content (AvgIpc) is 2.93. The zero-order valence-corrected chi connectivity index (χ0v) is 15.5. The first-order chi connectivity index (χ1) is 12.4.